The molecule has 2 aromatic heterocycles. The Kier molecular flexibility index (Phi) is 5.40. The maximum atomic E-state index is 12.4. The Morgan fingerprint density at radius 2 is 1.88 bits per heavy atom. The third-order valence-corrected chi connectivity index (χ3v) is 4.44. The van der Waals surface area contributed by atoms with E-state index in [4.69, 9.17) is 4.42 Å². The van der Waals surface area contributed by atoms with Crippen LogP contribution in [0, 0.1) is 13.8 Å². The summed E-state index contributed by atoms with van der Waals surface area (Å²) < 4.78 is 5.46. The average Bonchev–Trinajstić information content (AvgIpc) is 3.04. The number of furan rings is 1. The van der Waals surface area contributed by atoms with Crippen molar-refractivity contribution < 1.29 is 9.21 Å². The van der Waals surface area contributed by atoms with Crippen molar-refractivity contribution in [3.05, 3.63) is 47.3 Å². The fourth-order valence-corrected chi connectivity index (χ4v) is 2.95. The van der Waals surface area contributed by atoms with E-state index < -0.39 is 0 Å². The molecule has 0 aliphatic carbocycles. The molecule has 3 rings (SSSR count). The van der Waals surface area contributed by atoms with Gasteiger partial charge in [-0.2, -0.15) is 0 Å². The molecule has 26 heavy (non-hydrogen) atoms. The molecule has 1 aliphatic heterocycles. The number of nitrogens with zero attached hydrogens (tertiary/aromatic N) is 4. The van der Waals surface area contributed by atoms with Gasteiger partial charge in [-0.25, -0.2) is 9.97 Å². The lowest BCUT2D eigenvalue weighted by atomic mass is 10.2. The maximum absolute atomic E-state index is 12.4. The number of rotatable bonds is 4. The fourth-order valence-electron chi connectivity index (χ4n) is 2.95. The first-order chi connectivity index (χ1) is 12.4. The zero-order chi connectivity index (χ0) is 18.7. The number of aryl methyl sites for hydroxylation is 2. The Bertz CT molecular complexity index is 802. The molecule has 3 heterocycles. The second-order valence-corrected chi connectivity index (χ2v) is 6.97. The summed E-state index contributed by atoms with van der Waals surface area (Å²) >= 11 is 0. The molecule has 6 nitrogen and oxygen atoms in total. The largest absolute Gasteiger partial charge is 0.462 e. The van der Waals surface area contributed by atoms with Gasteiger partial charge in [0.25, 0.3) is 0 Å². The van der Waals surface area contributed by atoms with Crippen molar-refractivity contribution in [2.45, 2.75) is 33.6 Å². The Labute approximate surface area is 154 Å². The molecule has 0 saturated carbocycles. The van der Waals surface area contributed by atoms with Crippen LogP contribution >= 0.6 is 0 Å². The molecule has 138 valence electrons. The number of carbonyl (C=O) groups excluding carboxylic acids is 1. The van der Waals surface area contributed by atoms with E-state index in [0.29, 0.717) is 24.8 Å². The van der Waals surface area contributed by atoms with E-state index >= 15 is 0 Å². The van der Waals surface area contributed by atoms with E-state index in [2.05, 4.69) is 28.7 Å². The van der Waals surface area contributed by atoms with Crippen molar-refractivity contribution in [2.24, 2.45) is 0 Å². The minimum atomic E-state index is 0.0143. The van der Waals surface area contributed by atoms with Gasteiger partial charge in [0.05, 0.1) is 0 Å². The summed E-state index contributed by atoms with van der Waals surface area (Å²) in [6, 6.07) is 5.77. The molecular formula is C20H26N4O2. The lowest BCUT2D eigenvalue weighted by Gasteiger charge is -2.35. The summed E-state index contributed by atoms with van der Waals surface area (Å²) in [5.41, 5.74) is 0.980. The molecule has 0 unspecified atom stereocenters. The predicted octanol–water partition coefficient (Wildman–Crippen LogP) is 3.17. The van der Waals surface area contributed by atoms with Crippen LogP contribution < -0.4 is 4.90 Å². The molecule has 0 atom stereocenters. The minimum Gasteiger partial charge on any atom is -0.462 e. The summed E-state index contributed by atoms with van der Waals surface area (Å²) in [6.45, 7) is 11.0. The normalized spacial score (nSPS) is 15.3. The number of anilines is 1. The van der Waals surface area contributed by atoms with Crippen LogP contribution in [0.4, 0.5) is 5.82 Å². The van der Waals surface area contributed by atoms with Crippen LogP contribution in [0.3, 0.4) is 0 Å². The molecule has 1 aliphatic rings. The molecule has 0 aromatic carbocycles. The van der Waals surface area contributed by atoms with Crippen molar-refractivity contribution in [1.29, 1.82) is 0 Å². The highest BCUT2D eigenvalue weighted by Crippen LogP contribution is 2.19. The second kappa shape index (κ2) is 7.72. The van der Waals surface area contributed by atoms with Crippen LogP contribution in [0.2, 0.25) is 0 Å². The van der Waals surface area contributed by atoms with Crippen molar-refractivity contribution >= 4 is 17.8 Å². The van der Waals surface area contributed by atoms with Crippen LogP contribution in [0.5, 0.6) is 0 Å². The number of hydrogen-bond acceptors (Lipinski definition) is 5. The predicted molar refractivity (Wildman–Crippen MR) is 102 cm³/mol. The summed E-state index contributed by atoms with van der Waals surface area (Å²) in [4.78, 5) is 25.7. The number of hydrogen-bond donors (Lipinski definition) is 0. The van der Waals surface area contributed by atoms with Crippen molar-refractivity contribution in [2.75, 3.05) is 31.1 Å². The van der Waals surface area contributed by atoms with Gasteiger partial charge in [0.15, 0.2) is 0 Å². The first kappa shape index (κ1) is 18.2. The molecule has 0 N–H and O–H groups in total. The van der Waals surface area contributed by atoms with Gasteiger partial charge in [-0.05, 0) is 32.1 Å². The zero-order valence-electron chi connectivity index (χ0n) is 15.9. The van der Waals surface area contributed by atoms with Crippen molar-refractivity contribution in [3.8, 4) is 0 Å². The number of carbonyl (C=O) groups is 1. The quantitative estimate of drug-likeness (QED) is 0.789. The van der Waals surface area contributed by atoms with Gasteiger partial charge >= 0.3 is 0 Å². The number of amides is 1. The smallest absolute Gasteiger partial charge is 0.246 e. The van der Waals surface area contributed by atoms with E-state index in [1.807, 2.05) is 36.9 Å². The summed E-state index contributed by atoms with van der Waals surface area (Å²) in [5, 5.41) is 0. The molecule has 0 spiro atoms. The van der Waals surface area contributed by atoms with Crippen LogP contribution in [0.1, 0.15) is 42.8 Å². The first-order valence-electron chi connectivity index (χ1n) is 9.06. The van der Waals surface area contributed by atoms with Crippen LogP contribution in [-0.4, -0.2) is 47.0 Å². The van der Waals surface area contributed by atoms with Gasteiger partial charge in [0, 0.05) is 49.9 Å². The lowest BCUT2D eigenvalue weighted by Crippen LogP contribution is -2.48. The van der Waals surface area contributed by atoms with Gasteiger partial charge in [-0.1, -0.05) is 13.8 Å². The Hall–Kier alpha value is -2.63. The SMILES string of the molecule is Cc1cc(N2CCN(C(=O)/C=C/c3ccc(C)o3)CC2)nc(C(C)C)n1. The summed E-state index contributed by atoms with van der Waals surface area (Å²) in [7, 11) is 0. The summed E-state index contributed by atoms with van der Waals surface area (Å²) in [6.07, 6.45) is 3.31. The van der Waals surface area contributed by atoms with E-state index in [1.165, 1.54) is 0 Å². The topological polar surface area (TPSA) is 62.5 Å². The van der Waals surface area contributed by atoms with Gasteiger partial charge in [0.2, 0.25) is 5.91 Å². The Morgan fingerprint density at radius 3 is 2.50 bits per heavy atom. The third kappa shape index (κ3) is 4.31. The maximum Gasteiger partial charge on any atom is 0.246 e. The highest BCUT2D eigenvalue weighted by molar-refractivity contribution is 5.91. The summed E-state index contributed by atoms with van der Waals surface area (Å²) in [5.74, 6) is 3.68. The van der Waals surface area contributed by atoms with Gasteiger partial charge < -0.3 is 14.2 Å². The highest BCUT2D eigenvalue weighted by Gasteiger charge is 2.21. The Morgan fingerprint density at radius 1 is 1.15 bits per heavy atom. The van der Waals surface area contributed by atoms with Crippen molar-refractivity contribution in [3.63, 3.8) is 0 Å². The fraction of sp³-hybridized carbons (Fsp3) is 0.450. The molecule has 6 heteroatoms. The van der Waals surface area contributed by atoms with E-state index in [9.17, 15) is 4.79 Å². The molecular weight excluding hydrogens is 328 g/mol. The van der Waals surface area contributed by atoms with Crippen LogP contribution in [-0.2, 0) is 4.79 Å². The molecule has 2 aromatic rings. The van der Waals surface area contributed by atoms with Crippen LogP contribution in [0.25, 0.3) is 6.08 Å². The van der Waals surface area contributed by atoms with E-state index in [0.717, 1.165) is 36.2 Å². The standard InChI is InChI=1S/C20H26N4O2/c1-14(2)20-21-15(3)13-18(22-20)23-9-11-24(12-10-23)19(25)8-7-17-6-5-16(4)26-17/h5-8,13-14H,9-12H2,1-4H3/b8-7+. The number of piperazine rings is 1. The van der Waals surface area contributed by atoms with Crippen molar-refractivity contribution in [1.82, 2.24) is 14.9 Å². The van der Waals surface area contributed by atoms with Gasteiger partial charge in [0.1, 0.15) is 23.2 Å². The van der Waals surface area contributed by atoms with Crippen LogP contribution in [0.15, 0.2) is 28.7 Å². The molecule has 0 radical (unpaired) electrons. The van der Waals surface area contributed by atoms with Gasteiger partial charge in [-0.3, -0.25) is 4.79 Å². The highest BCUT2D eigenvalue weighted by atomic mass is 16.3. The third-order valence-electron chi connectivity index (χ3n) is 4.44. The average molecular weight is 354 g/mol. The first-order valence-corrected chi connectivity index (χ1v) is 9.06. The molecule has 1 fully saturated rings. The van der Waals surface area contributed by atoms with E-state index in [1.54, 1.807) is 12.2 Å². The zero-order valence-corrected chi connectivity index (χ0v) is 15.9. The van der Waals surface area contributed by atoms with E-state index in [-0.39, 0.29) is 5.91 Å². The molecule has 1 amide bonds. The minimum absolute atomic E-state index is 0.0143. The van der Waals surface area contributed by atoms with Gasteiger partial charge in [-0.15, -0.1) is 0 Å². The monoisotopic (exact) mass is 354 g/mol. The molecule has 0 bridgehead atoms. The second-order valence-electron chi connectivity index (χ2n) is 6.97. The number of aromatic nitrogens is 2. The molecule has 1 saturated heterocycles. The Balaban J connectivity index is 1.60. The lowest BCUT2D eigenvalue weighted by molar-refractivity contribution is -0.126.